The number of aryl methyl sites for hydroxylation is 1. The lowest BCUT2D eigenvalue weighted by Crippen LogP contribution is -2.36. The lowest BCUT2D eigenvalue weighted by Gasteiger charge is -2.30. The topological polar surface area (TPSA) is 254 Å². The molecule has 0 radical (unpaired) electrons. The molecular formula is C54H73N2O18S2-. The minimum Gasteiger partial charge on any atom is -0.748 e. The monoisotopic (exact) mass is 1100 g/mol. The summed E-state index contributed by atoms with van der Waals surface area (Å²) in [5.41, 5.74) is 4.02. The first-order chi connectivity index (χ1) is 36.5. The Hall–Kier alpha value is -5.08. The Morgan fingerprint density at radius 3 is 1.83 bits per heavy atom. The molecule has 420 valence electrons. The predicted octanol–water partition coefficient (Wildman–Crippen LogP) is 5.30. The summed E-state index contributed by atoms with van der Waals surface area (Å²) in [4.78, 5) is 13.0. The van der Waals surface area contributed by atoms with Gasteiger partial charge in [-0.1, -0.05) is 12.1 Å². The summed E-state index contributed by atoms with van der Waals surface area (Å²) in [6, 6.07) is 17.7. The molecule has 0 amide bonds. The van der Waals surface area contributed by atoms with Gasteiger partial charge < -0.3 is 66.2 Å². The lowest BCUT2D eigenvalue weighted by molar-refractivity contribution is -0.137. The minimum atomic E-state index is -4.89. The third-order valence-corrected chi connectivity index (χ3v) is 14.2. The second-order valence-corrected chi connectivity index (χ2v) is 20.9. The number of anilines is 1. The van der Waals surface area contributed by atoms with Gasteiger partial charge in [-0.15, -0.1) is 0 Å². The molecule has 1 atom stereocenters. The summed E-state index contributed by atoms with van der Waals surface area (Å²) in [6.07, 6.45) is 5.44. The number of aliphatic carboxylic acids is 1. The zero-order chi connectivity index (χ0) is 55.0. The Labute approximate surface area is 446 Å². The molecule has 2 aromatic carbocycles. The molecule has 76 heavy (non-hydrogen) atoms. The van der Waals surface area contributed by atoms with Gasteiger partial charge in [0.2, 0.25) is 5.36 Å². The highest BCUT2D eigenvalue weighted by Gasteiger charge is 2.43. The number of hydrogen-bond donors (Lipinski definition) is 1. The highest BCUT2D eigenvalue weighted by molar-refractivity contribution is 7.86. The van der Waals surface area contributed by atoms with E-state index in [2.05, 4.69) is 4.58 Å². The van der Waals surface area contributed by atoms with Crippen LogP contribution in [0.5, 0.6) is 5.75 Å². The number of carboxylic acid groups (broad SMARTS) is 1. The number of carboxylic acids is 1. The van der Waals surface area contributed by atoms with Crippen LogP contribution < -0.4 is 19.6 Å². The molecule has 20 nitrogen and oxygen atoms in total. The molecule has 1 aliphatic carbocycles. The molecule has 0 saturated carbocycles. The summed E-state index contributed by atoms with van der Waals surface area (Å²) < 4.78 is 131. The van der Waals surface area contributed by atoms with Crippen molar-refractivity contribution >= 4 is 38.0 Å². The normalized spacial score (nSPS) is 15.4. The number of methoxy groups -OCH3 is 3. The van der Waals surface area contributed by atoms with Crippen molar-refractivity contribution in [1.82, 2.24) is 4.58 Å². The van der Waals surface area contributed by atoms with Gasteiger partial charge in [0.05, 0.1) is 107 Å². The Kier molecular flexibility index (Phi) is 25.5. The lowest BCUT2D eigenvalue weighted by atomic mass is 9.77. The van der Waals surface area contributed by atoms with Crippen molar-refractivity contribution in [3.8, 4) is 28.2 Å². The second kappa shape index (κ2) is 31.4. The summed E-state index contributed by atoms with van der Waals surface area (Å²) in [7, 11) is -4.63. The molecule has 2 aromatic rings. The number of carbonyl (C=O) groups is 1. The number of fused-ring (bicyclic) bond motifs is 2. The van der Waals surface area contributed by atoms with Crippen molar-refractivity contribution in [3.05, 3.63) is 101 Å². The van der Waals surface area contributed by atoms with Gasteiger partial charge in [0.1, 0.15) is 40.6 Å². The Morgan fingerprint density at radius 1 is 0.711 bits per heavy atom. The molecule has 2 heterocycles. The maximum atomic E-state index is 12.3. The van der Waals surface area contributed by atoms with Crippen molar-refractivity contribution in [2.45, 2.75) is 49.8 Å². The van der Waals surface area contributed by atoms with Gasteiger partial charge in [-0.2, -0.15) is 0 Å². The van der Waals surface area contributed by atoms with Crippen molar-refractivity contribution < 1.29 is 82.9 Å². The molecule has 3 aliphatic rings. The minimum absolute atomic E-state index is 0.0422. The van der Waals surface area contributed by atoms with Crippen molar-refractivity contribution in [3.63, 3.8) is 0 Å². The highest BCUT2D eigenvalue weighted by atomic mass is 32.2. The van der Waals surface area contributed by atoms with Crippen molar-refractivity contribution in [2.75, 3.05) is 144 Å². The molecule has 0 saturated heterocycles. The van der Waals surface area contributed by atoms with E-state index in [1.807, 2.05) is 56.3 Å². The number of benzene rings is 3. The summed E-state index contributed by atoms with van der Waals surface area (Å²) in [6.45, 7) is 11.0. The maximum Gasteiger partial charge on any atom is 0.303 e. The zero-order valence-electron chi connectivity index (χ0n) is 44.2. The number of ether oxygens (including phenoxy) is 9. The van der Waals surface area contributed by atoms with E-state index in [0.29, 0.717) is 140 Å². The van der Waals surface area contributed by atoms with Gasteiger partial charge in [0, 0.05) is 61.4 Å². The zero-order valence-corrected chi connectivity index (χ0v) is 45.8. The first-order valence-corrected chi connectivity index (χ1v) is 28.1. The van der Waals surface area contributed by atoms with E-state index in [4.69, 9.17) is 47.0 Å². The van der Waals surface area contributed by atoms with Crippen LogP contribution in [0.25, 0.3) is 28.5 Å². The molecule has 1 unspecified atom stereocenters. The largest absolute Gasteiger partial charge is 0.748 e. The number of rotatable bonds is 37. The maximum absolute atomic E-state index is 12.3. The van der Waals surface area contributed by atoms with Crippen LogP contribution in [-0.4, -0.2) is 176 Å². The van der Waals surface area contributed by atoms with Crippen LogP contribution in [0.3, 0.4) is 0 Å². The molecule has 22 heteroatoms. The van der Waals surface area contributed by atoms with Crippen LogP contribution in [0, 0.1) is 6.92 Å². The first-order valence-electron chi connectivity index (χ1n) is 25.2. The van der Waals surface area contributed by atoms with E-state index in [1.54, 1.807) is 44.5 Å². The standard InChI is InChI=1S/C54H74N2O18S2/c1-41-37-43(67-5)13-16-46(41)48-39-44(9-6-10-52-54(2,18-7-11-53(57)58)49-40-45(76(62,63)64)14-17-50(49)56(52)19-8-36-75(59,60)61)74-51-38-42(12-15-47(48)51)55(20-22-68-28-30-72-34-32-70-26-24-65-3)21-23-69-29-31-73-35-33-71-27-25-66-4/h6,9-10,12-17,37-40H,7-8,11,18-36H2,1-5H3,(H2-,57,58,59,60,61,62,63,64)/p-1. The molecular weight excluding hydrogens is 1030 g/mol. The molecule has 1 N–H and O–H groups in total. The van der Waals surface area contributed by atoms with Crippen LogP contribution in [-0.2, 0) is 68.3 Å². The van der Waals surface area contributed by atoms with Crippen LogP contribution in [0.4, 0.5) is 5.69 Å². The Morgan fingerprint density at radius 2 is 1.29 bits per heavy atom. The molecule has 0 spiro atoms. The van der Waals surface area contributed by atoms with E-state index in [0.717, 1.165) is 27.6 Å². The summed E-state index contributed by atoms with van der Waals surface area (Å²) in [5.74, 6) is 0.0227. The van der Waals surface area contributed by atoms with Gasteiger partial charge in [-0.25, -0.2) is 21.4 Å². The second-order valence-electron chi connectivity index (χ2n) is 18.0. The average Bonchev–Trinajstić information content (AvgIpc) is 3.67. The van der Waals surface area contributed by atoms with Crippen LogP contribution >= 0.6 is 0 Å². The van der Waals surface area contributed by atoms with E-state index in [9.17, 15) is 35.8 Å². The van der Waals surface area contributed by atoms with E-state index >= 15 is 0 Å². The molecule has 0 aromatic heterocycles. The van der Waals surface area contributed by atoms with E-state index in [-0.39, 0.29) is 32.2 Å². The van der Waals surface area contributed by atoms with Crippen molar-refractivity contribution in [2.24, 2.45) is 0 Å². The van der Waals surface area contributed by atoms with Crippen LogP contribution in [0.1, 0.15) is 49.5 Å². The summed E-state index contributed by atoms with van der Waals surface area (Å²) in [5, 5.41) is 10.4. The highest BCUT2D eigenvalue weighted by Crippen LogP contribution is 2.51. The third kappa shape index (κ3) is 19.4. The van der Waals surface area contributed by atoms with Gasteiger partial charge in [0.25, 0.3) is 0 Å². The van der Waals surface area contributed by atoms with Gasteiger partial charge >= 0.3 is 5.97 Å². The third-order valence-electron chi connectivity index (χ3n) is 12.6. The van der Waals surface area contributed by atoms with Crippen molar-refractivity contribution in [1.29, 1.82) is 0 Å². The SMILES string of the molecule is COCCOCCOCCOCC[N+](CCOCCOCCOCCOC)=c1ccc2c(-c3ccc(OC)cc3C)cc(/C=C/C=C3/N(CCCS(=O)(=O)[O-])c4ccc(S(=O)(=O)[O-])cc4C3(C)CCCC(=O)O)oc-2c1. The van der Waals surface area contributed by atoms with E-state index in [1.165, 1.54) is 18.2 Å². The van der Waals surface area contributed by atoms with Gasteiger partial charge in [-0.3, -0.25) is 4.79 Å². The fourth-order valence-electron chi connectivity index (χ4n) is 8.77. The number of hydrogen-bond acceptors (Lipinski definition) is 18. The number of allylic oxidation sites excluding steroid dienone is 3. The Bertz CT molecular complexity index is 2770. The molecule has 0 bridgehead atoms. The van der Waals surface area contributed by atoms with Crippen LogP contribution in [0.15, 0.2) is 87.8 Å². The molecule has 0 fully saturated rings. The molecule has 2 aliphatic heterocycles. The average molecular weight is 1100 g/mol. The number of nitrogens with zero attached hydrogens (tertiary/aromatic N) is 2. The summed E-state index contributed by atoms with van der Waals surface area (Å²) >= 11 is 0. The van der Waals surface area contributed by atoms with Gasteiger partial charge in [0.15, 0.2) is 13.1 Å². The van der Waals surface area contributed by atoms with E-state index < -0.39 is 42.3 Å². The molecule has 5 rings (SSSR count). The first kappa shape index (κ1) is 61.8. The smallest absolute Gasteiger partial charge is 0.303 e. The predicted molar refractivity (Wildman–Crippen MR) is 283 cm³/mol. The quantitative estimate of drug-likeness (QED) is 0.0341. The fraction of sp³-hybridized carbons (Fsp3) is 0.519. The fourth-order valence-corrected chi connectivity index (χ4v) is 9.75. The van der Waals surface area contributed by atoms with Gasteiger partial charge in [-0.05, 0) is 110 Å². The van der Waals surface area contributed by atoms with Crippen LogP contribution in [0.2, 0.25) is 0 Å². The Balaban J connectivity index is 1.53.